The highest BCUT2D eigenvalue weighted by Crippen LogP contribution is 2.34. The minimum absolute atomic E-state index is 0.261. The number of thioether (sulfide) groups is 1. The number of nitrogens with zero attached hydrogens (tertiary/aromatic N) is 2. The van der Waals surface area contributed by atoms with E-state index in [0.29, 0.717) is 11.1 Å². The van der Waals surface area contributed by atoms with Crippen molar-refractivity contribution in [2.75, 3.05) is 6.79 Å². The zero-order valence-corrected chi connectivity index (χ0v) is 10.3. The first-order valence-corrected chi connectivity index (χ1v) is 6.37. The van der Waals surface area contributed by atoms with Gasteiger partial charge in [0.05, 0.1) is 6.54 Å². The molecule has 0 atom stereocenters. The molecule has 2 aromatic rings. The molecule has 0 spiro atoms. The minimum Gasteiger partial charge on any atom is -0.454 e. The highest BCUT2D eigenvalue weighted by molar-refractivity contribution is 7.98. The number of fused-ring (bicyclic) bond motifs is 1. The van der Waals surface area contributed by atoms with Crippen LogP contribution in [0.2, 0.25) is 0 Å². The highest BCUT2D eigenvalue weighted by atomic mass is 32.2. The number of nitrogens with two attached hydrogens (primary N) is 1. The molecule has 0 saturated heterocycles. The minimum atomic E-state index is 0.261. The molecule has 3 rings (SSSR count). The standard InChI is InChI=1S/C11H11N3O3S/c12-4-10-13-14-11(17-10)18-5-7-1-2-8-9(3-7)16-6-15-8/h1-3H,4-6,12H2. The van der Waals surface area contributed by atoms with Crippen LogP contribution in [0.5, 0.6) is 11.5 Å². The summed E-state index contributed by atoms with van der Waals surface area (Å²) >= 11 is 1.46. The first kappa shape index (κ1) is 11.4. The third-order valence-corrected chi connectivity index (χ3v) is 3.31. The Morgan fingerprint density at radius 3 is 2.94 bits per heavy atom. The molecule has 1 aliphatic rings. The molecular weight excluding hydrogens is 254 g/mol. The molecule has 0 saturated carbocycles. The first-order valence-electron chi connectivity index (χ1n) is 5.39. The summed E-state index contributed by atoms with van der Waals surface area (Å²) in [5.41, 5.74) is 6.50. The third kappa shape index (κ3) is 2.27. The zero-order chi connectivity index (χ0) is 12.4. The Hall–Kier alpha value is -1.73. The van der Waals surface area contributed by atoms with Crippen molar-refractivity contribution in [1.29, 1.82) is 0 Å². The summed E-state index contributed by atoms with van der Waals surface area (Å²) < 4.78 is 15.9. The number of hydrogen-bond acceptors (Lipinski definition) is 7. The largest absolute Gasteiger partial charge is 0.454 e. The van der Waals surface area contributed by atoms with Crippen molar-refractivity contribution in [2.24, 2.45) is 5.73 Å². The van der Waals surface area contributed by atoms with Gasteiger partial charge in [0, 0.05) is 5.75 Å². The second kappa shape index (κ2) is 4.87. The fourth-order valence-electron chi connectivity index (χ4n) is 1.55. The molecule has 0 radical (unpaired) electrons. The van der Waals surface area contributed by atoms with E-state index < -0.39 is 0 Å². The lowest BCUT2D eigenvalue weighted by Crippen LogP contribution is -1.95. The molecule has 0 fully saturated rings. The topological polar surface area (TPSA) is 83.4 Å². The van der Waals surface area contributed by atoms with Crippen molar-refractivity contribution in [3.05, 3.63) is 29.7 Å². The number of rotatable bonds is 4. The van der Waals surface area contributed by atoms with E-state index >= 15 is 0 Å². The number of hydrogen-bond donors (Lipinski definition) is 1. The molecule has 2 heterocycles. The lowest BCUT2D eigenvalue weighted by Gasteiger charge is -2.00. The van der Waals surface area contributed by atoms with Crippen molar-refractivity contribution in [3.8, 4) is 11.5 Å². The summed E-state index contributed by atoms with van der Waals surface area (Å²) in [5.74, 6) is 2.74. The van der Waals surface area contributed by atoms with E-state index in [0.717, 1.165) is 22.8 Å². The highest BCUT2D eigenvalue weighted by Gasteiger charge is 2.13. The van der Waals surface area contributed by atoms with Gasteiger partial charge in [0.1, 0.15) is 0 Å². The van der Waals surface area contributed by atoms with Gasteiger partial charge in [-0.05, 0) is 17.7 Å². The molecule has 18 heavy (non-hydrogen) atoms. The smallest absolute Gasteiger partial charge is 0.276 e. The van der Waals surface area contributed by atoms with Crippen molar-refractivity contribution in [3.63, 3.8) is 0 Å². The maximum absolute atomic E-state index is 5.40. The zero-order valence-electron chi connectivity index (χ0n) is 9.46. The van der Waals surface area contributed by atoms with E-state index in [9.17, 15) is 0 Å². The molecule has 0 aliphatic carbocycles. The molecular formula is C11H11N3O3S. The average Bonchev–Trinajstić information content (AvgIpc) is 3.04. The van der Waals surface area contributed by atoms with E-state index in [-0.39, 0.29) is 13.3 Å². The summed E-state index contributed by atoms with van der Waals surface area (Å²) in [5, 5.41) is 8.20. The Morgan fingerprint density at radius 2 is 2.11 bits per heavy atom. The molecule has 0 amide bonds. The van der Waals surface area contributed by atoms with E-state index in [1.54, 1.807) is 0 Å². The molecule has 94 valence electrons. The molecule has 2 N–H and O–H groups in total. The van der Waals surface area contributed by atoms with Gasteiger partial charge in [-0.25, -0.2) is 0 Å². The normalized spacial score (nSPS) is 12.9. The Morgan fingerprint density at radius 1 is 1.22 bits per heavy atom. The van der Waals surface area contributed by atoms with Gasteiger partial charge in [-0.15, -0.1) is 10.2 Å². The SMILES string of the molecule is NCc1nnc(SCc2ccc3c(c2)OCO3)o1. The van der Waals surface area contributed by atoms with Gasteiger partial charge in [-0.1, -0.05) is 17.8 Å². The number of aromatic nitrogens is 2. The second-order valence-corrected chi connectivity index (χ2v) is 4.57. The van der Waals surface area contributed by atoms with Crippen LogP contribution in [0.3, 0.4) is 0 Å². The van der Waals surface area contributed by atoms with Gasteiger partial charge in [-0.2, -0.15) is 0 Å². The summed E-state index contributed by atoms with van der Waals surface area (Å²) in [7, 11) is 0. The van der Waals surface area contributed by atoms with Crippen molar-refractivity contribution in [1.82, 2.24) is 10.2 Å². The molecule has 7 heteroatoms. The van der Waals surface area contributed by atoms with Crippen molar-refractivity contribution < 1.29 is 13.9 Å². The Bertz CT molecular complexity index is 558. The van der Waals surface area contributed by atoms with Gasteiger partial charge < -0.3 is 19.6 Å². The molecule has 0 bridgehead atoms. The Balaban J connectivity index is 1.66. The molecule has 1 aromatic carbocycles. The molecule has 1 aliphatic heterocycles. The average molecular weight is 265 g/mol. The predicted molar refractivity (Wildman–Crippen MR) is 64.3 cm³/mol. The van der Waals surface area contributed by atoms with Crippen LogP contribution < -0.4 is 15.2 Å². The van der Waals surface area contributed by atoms with E-state index in [4.69, 9.17) is 19.6 Å². The second-order valence-electron chi connectivity index (χ2n) is 3.64. The van der Waals surface area contributed by atoms with Crippen molar-refractivity contribution >= 4 is 11.8 Å². The predicted octanol–water partition coefficient (Wildman–Crippen LogP) is 1.55. The quantitative estimate of drug-likeness (QED) is 0.839. The van der Waals surface area contributed by atoms with Gasteiger partial charge in [-0.3, -0.25) is 0 Å². The van der Waals surface area contributed by atoms with Crippen molar-refractivity contribution in [2.45, 2.75) is 17.5 Å². The lowest BCUT2D eigenvalue weighted by molar-refractivity contribution is 0.174. The summed E-state index contributed by atoms with van der Waals surface area (Å²) in [6.07, 6.45) is 0. The van der Waals surface area contributed by atoms with Crippen LogP contribution in [0, 0.1) is 0 Å². The van der Waals surface area contributed by atoms with E-state index in [1.165, 1.54) is 11.8 Å². The maximum atomic E-state index is 5.40. The van der Waals surface area contributed by atoms with Crippen LogP contribution >= 0.6 is 11.8 Å². The molecule has 6 nitrogen and oxygen atoms in total. The monoisotopic (exact) mass is 265 g/mol. The Labute approximate surface area is 107 Å². The van der Waals surface area contributed by atoms with Crippen LogP contribution in [-0.4, -0.2) is 17.0 Å². The van der Waals surface area contributed by atoms with Crippen LogP contribution in [0.25, 0.3) is 0 Å². The summed E-state index contributed by atoms with van der Waals surface area (Å²) in [6.45, 7) is 0.549. The number of benzene rings is 1. The molecule has 1 aromatic heterocycles. The van der Waals surface area contributed by atoms with E-state index in [2.05, 4.69) is 10.2 Å². The van der Waals surface area contributed by atoms with Crippen LogP contribution in [0.1, 0.15) is 11.5 Å². The van der Waals surface area contributed by atoms with Crippen LogP contribution in [0.15, 0.2) is 27.8 Å². The first-order chi connectivity index (χ1) is 8.85. The lowest BCUT2D eigenvalue weighted by atomic mass is 10.2. The third-order valence-electron chi connectivity index (χ3n) is 2.42. The van der Waals surface area contributed by atoms with Crippen LogP contribution in [-0.2, 0) is 12.3 Å². The van der Waals surface area contributed by atoms with Gasteiger partial charge in [0.2, 0.25) is 12.7 Å². The van der Waals surface area contributed by atoms with Gasteiger partial charge in [0.15, 0.2) is 11.5 Å². The fraction of sp³-hybridized carbons (Fsp3) is 0.273. The van der Waals surface area contributed by atoms with Gasteiger partial charge >= 0.3 is 0 Å². The summed E-state index contributed by atoms with van der Waals surface area (Å²) in [4.78, 5) is 0. The Kier molecular flexibility index (Phi) is 3.07. The number of ether oxygens (including phenoxy) is 2. The summed E-state index contributed by atoms with van der Waals surface area (Å²) in [6, 6.07) is 5.84. The van der Waals surface area contributed by atoms with Gasteiger partial charge in [0.25, 0.3) is 5.22 Å². The maximum Gasteiger partial charge on any atom is 0.276 e. The van der Waals surface area contributed by atoms with Crippen LogP contribution in [0.4, 0.5) is 0 Å². The molecule has 0 unspecified atom stereocenters. The van der Waals surface area contributed by atoms with E-state index in [1.807, 2.05) is 18.2 Å². The fourth-order valence-corrected chi connectivity index (χ4v) is 2.28.